The first-order chi connectivity index (χ1) is 2.64. The minimum Gasteiger partial charge on any atom is -0.550 e. The molecule has 0 fully saturated rings. The Hall–Kier alpha value is -0.570. The molecule has 0 rings (SSSR count). The van der Waals surface area contributed by atoms with Crippen molar-refractivity contribution in [2.45, 2.75) is 13.8 Å². The Labute approximate surface area is 42.3 Å². The third kappa shape index (κ3) is 5.43. The second kappa shape index (κ2) is 3.61. The first kappa shape index (κ1) is 9.66. The van der Waals surface area contributed by atoms with Crippen molar-refractivity contribution in [1.82, 2.24) is 0 Å². The third-order valence-electron chi connectivity index (χ3n) is 0.471. The minimum atomic E-state index is -0.991. The van der Waals surface area contributed by atoms with Crippen molar-refractivity contribution in [1.29, 1.82) is 0 Å². The lowest BCUT2D eigenvalue weighted by atomic mass is 10.2. The maximum atomic E-state index is 9.59. The molecule has 0 saturated carbocycles. The number of carbonyl (C=O) groups is 1. The molecule has 0 atom stereocenters. The van der Waals surface area contributed by atoms with Crippen molar-refractivity contribution in [2.75, 3.05) is 0 Å². The summed E-state index contributed by atoms with van der Waals surface area (Å²) < 4.78 is 0. The highest BCUT2D eigenvalue weighted by Gasteiger charge is 1.87. The topological polar surface area (TPSA) is 71.6 Å². The molecule has 7 heavy (non-hydrogen) atoms. The standard InChI is InChI=1S/C4H8O2.H2O/c1-3(2)4(5)6;/h3H,1-2H3,(H,5,6);1H2/p-1. The lowest BCUT2D eigenvalue weighted by molar-refractivity contribution is -0.310. The molecule has 0 aliphatic rings. The molecule has 0 aromatic heterocycles. The molecule has 2 N–H and O–H groups in total. The summed E-state index contributed by atoms with van der Waals surface area (Å²) in [5.41, 5.74) is 0. The van der Waals surface area contributed by atoms with Crippen molar-refractivity contribution >= 4 is 5.97 Å². The zero-order chi connectivity index (χ0) is 5.15. The molecular weight excluding hydrogens is 96.0 g/mol. The average molecular weight is 105 g/mol. The fraction of sp³-hybridized carbons (Fsp3) is 0.750. The maximum Gasteiger partial charge on any atom is 0.0439 e. The van der Waals surface area contributed by atoms with Crippen LogP contribution in [0.3, 0.4) is 0 Å². The Morgan fingerprint density at radius 1 is 1.57 bits per heavy atom. The van der Waals surface area contributed by atoms with Crippen molar-refractivity contribution < 1.29 is 15.4 Å². The lowest BCUT2D eigenvalue weighted by Gasteiger charge is -2.01. The highest BCUT2D eigenvalue weighted by Crippen LogP contribution is 1.83. The first-order valence-electron chi connectivity index (χ1n) is 1.85. The van der Waals surface area contributed by atoms with Crippen LogP contribution in [0.1, 0.15) is 13.8 Å². The van der Waals surface area contributed by atoms with Crippen LogP contribution < -0.4 is 5.11 Å². The molecule has 0 aromatic rings. The van der Waals surface area contributed by atoms with Gasteiger partial charge in [-0.1, -0.05) is 13.8 Å². The monoisotopic (exact) mass is 105 g/mol. The first-order valence-corrected chi connectivity index (χ1v) is 1.85. The SMILES string of the molecule is CC(C)C(=O)[O-].O. The van der Waals surface area contributed by atoms with Crippen LogP contribution in [0.2, 0.25) is 0 Å². The summed E-state index contributed by atoms with van der Waals surface area (Å²) in [6.45, 7) is 3.16. The minimum absolute atomic E-state index is 0. The quantitative estimate of drug-likeness (QED) is 0.410. The molecule has 0 amide bonds. The van der Waals surface area contributed by atoms with Gasteiger partial charge in [-0.2, -0.15) is 0 Å². The van der Waals surface area contributed by atoms with Crippen LogP contribution in [0.15, 0.2) is 0 Å². The van der Waals surface area contributed by atoms with Gasteiger partial charge in [0.25, 0.3) is 0 Å². The van der Waals surface area contributed by atoms with Gasteiger partial charge >= 0.3 is 0 Å². The molecule has 0 aliphatic carbocycles. The smallest absolute Gasteiger partial charge is 0.0439 e. The highest BCUT2D eigenvalue weighted by molar-refractivity contribution is 5.66. The highest BCUT2D eigenvalue weighted by atomic mass is 16.4. The maximum absolute atomic E-state index is 9.59. The van der Waals surface area contributed by atoms with Crippen molar-refractivity contribution in [3.63, 3.8) is 0 Å². The fourth-order valence-electron chi connectivity index (χ4n) is 0. The van der Waals surface area contributed by atoms with E-state index in [1.807, 2.05) is 0 Å². The Balaban J connectivity index is 0. The molecule has 0 saturated heterocycles. The number of carbonyl (C=O) groups excluding carboxylic acids is 1. The van der Waals surface area contributed by atoms with Crippen LogP contribution in [0.4, 0.5) is 0 Å². The molecule has 0 aliphatic heterocycles. The van der Waals surface area contributed by atoms with E-state index in [0.717, 1.165) is 0 Å². The molecule has 3 heteroatoms. The number of carboxylic acids is 1. The second-order valence-electron chi connectivity index (χ2n) is 1.47. The summed E-state index contributed by atoms with van der Waals surface area (Å²) in [5.74, 6) is -1.33. The predicted molar refractivity (Wildman–Crippen MR) is 23.5 cm³/mol. The van der Waals surface area contributed by atoms with E-state index in [9.17, 15) is 9.90 Å². The lowest BCUT2D eigenvalue weighted by Crippen LogP contribution is -2.27. The molecule has 0 bridgehead atoms. The average Bonchev–Trinajstić information content (AvgIpc) is 1.36. The zero-order valence-corrected chi connectivity index (χ0v) is 4.39. The molecule has 0 radical (unpaired) electrons. The van der Waals surface area contributed by atoms with E-state index in [2.05, 4.69) is 0 Å². The molecule has 0 spiro atoms. The number of hydrogen-bond donors (Lipinski definition) is 0. The number of carboxylic acid groups (broad SMARTS) is 1. The Bertz CT molecular complexity index is 58.0. The summed E-state index contributed by atoms with van der Waals surface area (Å²) >= 11 is 0. The van der Waals surface area contributed by atoms with Gasteiger partial charge in [-0.3, -0.25) is 0 Å². The van der Waals surface area contributed by atoms with Gasteiger partial charge in [-0.15, -0.1) is 0 Å². The van der Waals surface area contributed by atoms with E-state index < -0.39 is 5.97 Å². The fourth-order valence-corrected chi connectivity index (χ4v) is 0. The largest absolute Gasteiger partial charge is 0.550 e. The van der Waals surface area contributed by atoms with Gasteiger partial charge in [-0.05, 0) is 5.92 Å². The Kier molecular flexibility index (Phi) is 4.99. The summed E-state index contributed by atoms with van der Waals surface area (Å²) in [5, 5.41) is 9.59. The third-order valence-corrected chi connectivity index (χ3v) is 0.471. The molecule has 0 heterocycles. The van der Waals surface area contributed by atoms with E-state index in [-0.39, 0.29) is 11.4 Å². The molecule has 0 unspecified atom stereocenters. The van der Waals surface area contributed by atoms with E-state index in [1.54, 1.807) is 13.8 Å². The molecule has 44 valence electrons. The van der Waals surface area contributed by atoms with Gasteiger partial charge in [0.15, 0.2) is 0 Å². The van der Waals surface area contributed by atoms with Gasteiger partial charge in [-0.25, -0.2) is 0 Å². The van der Waals surface area contributed by atoms with Gasteiger partial charge in [0.1, 0.15) is 0 Å². The van der Waals surface area contributed by atoms with Crippen LogP contribution in [0.25, 0.3) is 0 Å². The number of hydrogen-bond acceptors (Lipinski definition) is 2. The van der Waals surface area contributed by atoms with Crippen LogP contribution >= 0.6 is 0 Å². The van der Waals surface area contributed by atoms with Gasteiger partial charge < -0.3 is 15.4 Å². The summed E-state index contributed by atoms with van der Waals surface area (Å²) in [7, 11) is 0. The van der Waals surface area contributed by atoms with Crippen molar-refractivity contribution in [3.8, 4) is 0 Å². The Morgan fingerprint density at radius 3 is 1.71 bits per heavy atom. The molecule has 3 nitrogen and oxygen atoms in total. The Morgan fingerprint density at radius 2 is 1.71 bits per heavy atom. The zero-order valence-electron chi connectivity index (χ0n) is 4.39. The summed E-state index contributed by atoms with van der Waals surface area (Å²) in [4.78, 5) is 9.59. The molecular formula is C4H9O3-. The summed E-state index contributed by atoms with van der Waals surface area (Å²) in [6, 6.07) is 0. The van der Waals surface area contributed by atoms with Crippen LogP contribution in [-0.2, 0) is 4.79 Å². The van der Waals surface area contributed by atoms with Crippen molar-refractivity contribution in [3.05, 3.63) is 0 Å². The molecule has 0 aromatic carbocycles. The van der Waals surface area contributed by atoms with Crippen LogP contribution in [-0.4, -0.2) is 11.4 Å². The predicted octanol–water partition coefficient (Wildman–Crippen LogP) is -1.43. The van der Waals surface area contributed by atoms with Crippen molar-refractivity contribution in [2.24, 2.45) is 5.92 Å². The van der Waals surface area contributed by atoms with E-state index in [4.69, 9.17) is 0 Å². The summed E-state index contributed by atoms with van der Waals surface area (Å²) in [6.07, 6.45) is 0. The van der Waals surface area contributed by atoms with Gasteiger partial charge in [0.2, 0.25) is 0 Å². The second-order valence-corrected chi connectivity index (χ2v) is 1.47. The normalized spacial score (nSPS) is 7.86. The van der Waals surface area contributed by atoms with Gasteiger partial charge in [0.05, 0.1) is 0 Å². The van der Waals surface area contributed by atoms with E-state index >= 15 is 0 Å². The van der Waals surface area contributed by atoms with E-state index in [1.165, 1.54) is 0 Å². The van der Waals surface area contributed by atoms with Crippen LogP contribution in [0, 0.1) is 5.92 Å². The van der Waals surface area contributed by atoms with Gasteiger partial charge in [0, 0.05) is 5.97 Å². The number of rotatable bonds is 1. The van der Waals surface area contributed by atoms with Crippen LogP contribution in [0.5, 0.6) is 0 Å². The van der Waals surface area contributed by atoms with E-state index in [0.29, 0.717) is 0 Å². The number of aliphatic carboxylic acids is 1.